The van der Waals surface area contributed by atoms with Crippen molar-refractivity contribution in [3.63, 3.8) is 0 Å². The first-order valence-corrected chi connectivity index (χ1v) is 4.32. The van der Waals surface area contributed by atoms with Gasteiger partial charge >= 0.3 is 0 Å². The molecule has 3 nitrogen and oxygen atoms in total. The summed E-state index contributed by atoms with van der Waals surface area (Å²) in [5.41, 5.74) is 5.17. The lowest BCUT2D eigenvalue weighted by Crippen LogP contribution is -2.28. The maximum Gasteiger partial charge on any atom is 0.221 e. The molecule has 0 aliphatic carbocycles. The van der Waals surface area contributed by atoms with E-state index in [4.69, 9.17) is 17.3 Å². The molecular weight excluding hydrogens is 176 g/mol. The van der Waals surface area contributed by atoms with Crippen molar-refractivity contribution >= 4 is 17.5 Å². The summed E-state index contributed by atoms with van der Waals surface area (Å²) in [4.78, 5) is 12.9. The Labute approximate surface area is 77.2 Å². The van der Waals surface area contributed by atoms with Crippen LogP contribution in [0.25, 0.3) is 0 Å². The molecule has 1 amide bonds. The predicted molar refractivity (Wildman–Crippen MR) is 48.7 cm³/mol. The minimum absolute atomic E-state index is 0.000941. The van der Waals surface area contributed by atoms with Gasteiger partial charge in [0.25, 0.3) is 0 Å². The van der Waals surface area contributed by atoms with Crippen LogP contribution in [0.2, 0.25) is 0 Å². The molecule has 12 heavy (non-hydrogen) atoms. The molecule has 1 atom stereocenters. The van der Waals surface area contributed by atoms with Crippen molar-refractivity contribution in [1.82, 2.24) is 4.90 Å². The second kappa shape index (κ2) is 3.92. The summed E-state index contributed by atoms with van der Waals surface area (Å²) in [5, 5.41) is 0.611. The molecule has 0 bridgehead atoms. The highest BCUT2D eigenvalue weighted by Gasteiger charge is 2.26. The standard InChI is InChI=1S/C8H13ClN2O/c1-6(9)4-11-3-2-7(5-11)8(10)12/h7H,1-5H2,(H2,10,12). The molecule has 1 rings (SSSR count). The highest BCUT2D eigenvalue weighted by Crippen LogP contribution is 2.16. The Morgan fingerprint density at radius 2 is 2.42 bits per heavy atom. The first-order valence-electron chi connectivity index (χ1n) is 3.94. The Morgan fingerprint density at radius 3 is 2.83 bits per heavy atom. The number of halogens is 1. The van der Waals surface area contributed by atoms with Gasteiger partial charge in [0.1, 0.15) is 0 Å². The van der Waals surface area contributed by atoms with Crippen molar-refractivity contribution < 1.29 is 4.79 Å². The van der Waals surface area contributed by atoms with Gasteiger partial charge in [0.05, 0.1) is 5.92 Å². The van der Waals surface area contributed by atoms with Gasteiger partial charge in [0.2, 0.25) is 5.91 Å². The topological polar surface area (TPSA) is 46.3 Å². The number of hydrogen-bond acceptors (Lipinski definition) is 2. The van der Waals surface area contributed by atoms with Gasteiger partial charge in [-0.1, -0.05) is 18.2 Å². The molecule has 4 heteroatoms. The lowest BCUT2D eigenvalue weighted by Gasteiger charge is -2.13. The van der Waals surface area contributed by atoms with Crippen LogP contribution in [-0.2, 0) is 4.79 Å². The summed E-state index contributed by atoms with van der Waals surface area (Å²) in [5.74, 6) is -0.210. The molecule has 0 aromatic carbocycles. The molecule has 1 saturated heterocycles. The van der Waals surface area contributed by atoms with Crippen LogP contribution in [0.15, 0.2) is 11.6 Å². The first-order chi connectivity index (χ1) is 5.59. The number of hydrogen-bond donors (Lipinski definition) is 1. The van der Waals surface area contributed by atoms with Crippen LogP contribution in [-0.4, -0.2) is 30.4 Å². The first kappa shape index (κ1) is 9.55. The molecule has 0 spiro atoms. The molecular formula is C8H13ClN2O. The van der Waals surface area contributed by atoms with Crippen LogP contribution in [0.5, 0.6) is 0 Å². The van der Waals surface area contributed by atoms with Gasteiger partial charge in [0, 0.05) is 18.1 Å². The fourth-order valence-electron chi connectivity index (χ4n) is 1.45. The highest BCUT2D eigenvalue weighted by molar-refractivity contribution is 6.29. The van der Waals surface area contributed by atoms with Crippen LogP contribution in [0, 0.1) is 5.92 Å². The number of nitrogens with zero attached hydrogens (tertiary/aromatic N) is 1. The molecule has 1 heterocycles. The Hall–Kier alpha value is -0.540. The zero-order valence-corrected chi connectivity index (χ0v) is 7.68. The normalized spacial score (nSPS) is 24.2. The Bertz CT molecular complexity index is 205. The summed E-state index contributed by atoms with van der Waals surface area (Å²) >= 11 is 5.63. The van der Waals surface area contributed by atoms with Crippen LogP contribution >= 0.6 is 11.6 Å². The van der Waals surface area contributed by atoms with Crippen molar-refractivity contribution in [2.24, 2.45) is 11.7 Å². The second-order valence-electron chi connectivity index (χ2n) is 3.14. The predicted octanol–water partition coefficient (Wildman–Crippen LogP) is 0.546. The van der Waals surface area contributed by atoms with E-state index in [1.807, 2.05) is 0 Å². The number of rotatable bonds is 3. The van der Waals surface area contributed by atoms with E-state index < -0.39 is 0 Å². The average Bonchev–Trinajstić information content (AvgIpc) is 2.34. The van der Waals surface area contributed by atoms with Gasteiger partial charge in [-0.15, -0.1) is 0 Å². The summed E-state index contributed by atoms with van der Waals surface area (Å²) in [6.45, 7) is 5.87. The number of carbonyl (C=O) groups excluding carboxylic acids is 1. The third-order valence-corrected chi connectivity index (χ3v) is 2.19. The van der Waals surface area contributed by atoms with E-state index >= 15 is 0 Å². The van der Waals surface area contributed by atoms with Crippen molar-refractivity contribution in [3.05, 3.63) is 11.6 Å². The molecule has 0 radical (unpaired) electrons. The van der Waals surface area contributed by atoms with Gasteiger partial charge in [-0.3, -0.25) is 9.69 Å². The van der Waals surface area contributed by atoms with E-state index in [1.165, 1.54) is 0 Å². The largest absolute Gasteiger partial charge is 0.369 e. The SMILES string of the molecule is C=C(Cl)CN1CCC(C(N)=O)C1. The Kier molecular flexibility index (Phi) is 3.12. The third kappa shape index (κ3) is 2.50. The monoisotopic (exact) mass is 188 g/mol. The van der Waals surface area contributed by atoms with E-state index in [1.54, 1.807) is 0 Å². The minimum Gasteiger partial charge on any atom is -0.369 e. The van der Waals surface area contributed by atoms with Gasteiger partial charge < -0.3 is 5.73 Å². The summed E-state index contributed by atoms with van der Waals surface area (Å²) in [7, 11) is 0. The smallest absolute Gasteiger partial charge is 0.221 e. The molecule has 0 aromatic rings. The number of likely N-dealkylation sites (tertiary alicyclic amines) is 1. The van der Waals surface area contributed by atoms with Crippen molar-refractivity contribution in [2.75, 3.05) is 19.6 Å². The second-order valence-corrected chi connectivity index (χ2v) is 3.67. The van der Waals surface area contributed by atoms with Gasteiger partial charge in [-0.2, -0.15) is 0 Å². The van der Waals surface area contributed by atoms with Gasteiger partial charge in [-0.05, 0) is 13.0 Å². The van der Waals surface area contributed by atoms with Gasteiger partial charge in [-0.25, -0.2) is 0 Å². The molecule has 1 unspecified atom stereocenters. The van der Waals surface area contributed by atoms with Gasteiger partial charge in [0.15, 0.2) is 0 Å². The molecule has 0 aromatic heterocycles. The van der Waals surface area contributed by atoms with Crippen molar-refractivity contribution in [2.45, 2.75) is 6.42 Å². The van der Waals surface area contributed by atoms with E-state index in [9.17, 15) is 4.79 Å². The van der Waals surface area contributed by atoms with E-state index in [2.05, 4.69) is 11.5 Å². The van der Waals surface area contributed by atoms with E-state index in [0.717, 1.165) is 19.5 Å². The van der Waals surface area contributed by atoms with Crippen LogP contribution in [0.4, 0.5) is 0 Å². The summed E-state index contributed by atoms with van der Waals surface area (Å²) < 4.78 is 0. The van der Waals surface area contributed by atoms with Crippen molar-refractivity contribution in [1.29, 1.82) is 0 Å². The number of amides is 1. The maximum absolute atomic E-state index is 10.8. The van der Waals surface area contributed by atoms with Crippen LogP contribution in [0.3, 0.4) is 0 Å². The summed E-state index contributed by atoms with van der Waals surface area (Å²) in [6, 6.07) is 0. The fourth-order valence-corrected chi connectivity index (χ4v) is 1.62. The molecule has 0 saturated carbocycles. The molecule has 2 N–H and O–H groups in total. The summed E-state index contributed by atoms with van der Waals surface area (Å²) in [6.07, 6.45) is 0.847. The van der Waals surface area contributed by atoms with E-state index in [-0.39, 0.29) is 11.8 Å². The number of nitrogens with two attached hydrogens (primary N) is 1. The molecule has 1 fully saturated rings. The Morgan fingerprint density at radius 1 is 1.75 bits per heavy atom. The number of primary amides is 1. The quantitative estimate of drug-likeness (QED) is 0.703. The zero-order valence-electron chi connectivity index (χ0n) is 6.92. The maximum atomic E-state index is 10.8. The van der Waals surface area contributed by atoms with Crippen LogP contribution < -0.4 is 5.73 Å². The minimum atomic E-state index is -0.210. The number of carbonyl (C=O) groups is 1. The lowest BCUT2D eigenvalue weighted by atomic mass is 10.1. The third-order valence-electron chi connectivity index (χ3n) is 2.07. The zero-order chi connectivity index (χ0) is 9.14. The average molecular weight is 189 g/mol. The highest BCUT2D eigenvalue weighted by atomic mass is 35.5. The van der Waals surface area contributed by atoms with Crippen LogP contribution in [0.1, 0.15) is 6.42 Å². The molecule has 1 aliphatic rings. The Balaban J connectivity index is 2.35. The van der Waals surface area contributed by atoms with E-state index in [0.29, 0.717) is 11.6 Å². The lowest BCUT2D eigenvalue weighted by molar-refractivity contribution is -0.121. The van der Waals surface area contributed by atoms with Crippen molar-refractivity contribution in [3.8, 4) is 0 Å². The molecule has 68 valence electrons. The molecule has 1 aliphatic heterocycles. The fraction of sp³-hybridized carbons (Fsp3) is 0.625.